The highest BCUT2D eigenvalue weighted by Gasteiger charge is 2.38. The Morgan fingerprint density at radius 1 is 1.32 bits per heavy atom. The van der Waals surface area contributed by atoms with Crippen LogP contribution in [0.3, 0.4) is 0 Å². The number of halogens is 1. The van der Waals surface area contributed by atoms with Gasteiger partial charge in [-0.15, -0.1) is 0 Å². The van der Waals surface area contributed by atoms with Gasteiger partial charge in [0, 0.05) is 16.6 Å². The summed E-state index contributed by atoms with van der Waals surface area (Å²) in [5.41, 5.74) is 1.58. The Hall–Kier alpha value is -1.81. The molecule has 1 N–H and O–H groups in total. The molecule has 100 valence electrons. The van der Waals surface area contributed by atoms with Gasteiger partial charge in [0.05, 0.1) is 7.11 Å². The lowest BCUT2D eigenvalue weighted by Crippen LogP contribution is -2.42. The van der Waals surface area contributed by atoms with E-state index in [0.29, 0.717) is 5.02 Å². The summed E-state index contributed by atoms with van der Waals surface area (Å²) in [5.74, 6) is -2.08. The van der Waals surface area contributed by atoms with Crippen LogP contribution in [-0.2, 0) is 14.3 Å². The summed E-state index contributed by atoms with van der Waals surface area (Å²) in [6, 6.07) is 7.10. The summed E-state index contributed by atoms with van der Waals surface area (Å²) in [5, 5.41) is 3.26. The largest absolute Gasteiger partial charge is 0.468 e. The molecule has 19 heavy (non-hydrogen) atoms. The molecule has 1 aliphatic rings. The summed E-state index contributed by atoms with van der Waals surface area (Å²) >= 11 is 5.85. The molecule has 2 atom stereocenters. The highest BCUT2D eigenvalue weighted by molar-refractivity contribution is 6.30. The van der Waals surface area contributed by atoms with Crippen LogP contribution in [0.2, 0.25) is 5.02 Å². The van der Waals surface area contributed by atoms with E-state index in [1.54, 1.807) is 19.1 Å². The van der Waals surface area contributed by atoms with Crippen LogP contribution in [0.4, 0.5) is 0 Å². The summed E-state index contributed by atoms with van der Waals surface area (Å²) in [4.78, 5) is 23.8. The quantitative estimate of drug-likeness (QED) is 0.667. The number of rotatable bonds is 2. The molecular formula is C14H14ClNO3. The zero-order chi connectivity index (χ0) is 14.0. The molecule has 0 saturated carbocycles. The number of carbonyl (C=O) groups excluding carboxylic acids is 2. The fourth-order valence-corrected chi connectivity index (χ4v) is 2.32. The topological polar surface area (TPSA) is 55.4 Å². The predicted molar refractivity (Wildman–Crippen MR) is 71.6 cm³/mol. The Labute approximate surface area is 116 Å². The van der Waals surface area contributed by atoms with E-state index in [1.165, 1.54) is 7.11 Å². The van der Waals surface area contributed by atoms with Crippen LogP contribution in [-0.4, -0.2) is 19.0 Å². The first-order chi connectivity index (χ1) is 9.02. The average molecular weight is 280 g/mol. The minimum Gasteiger partial charge on any atom is -0.468 e. The molecule has 0 aliphatic carbocycles. The first kappa shape index (κ1) is 13.6. The minimum atomic E-state index is -0.866. The van der Waals surface area contributed by atoms with Crippen molar-refractivity contribution in [1.29, 1.82) is 0 Å². The third kappa shape index (κ3) is 2.79. The molecule has 1 heterocycles. The normalized spacial score (nSPS) is 22.5. The second-order valence-electron chi connectivity index (χ2n) is 4.42. The van der Waals surface area contributed by atoms with Crippen molar-refractivity contribution >= 4 is 23.5 Å². The maximum absolute atomic E-state index is 12.0. The van der Waals surface area contributed by atoms with Crippen LogP contribution in [0.5, 0.6) is 0 Å². The van der Waals surface area contributed by atoms with E-state index in [4.69, 9.17) is 16.3 Å². The van der Waals surface area contributed by atoms with Crippen molar-refractivity contribution in [3.05, 3.63) is 46.6 Å². The summed E-state index contributed by atoms with van der Waals surface area (Å²) < 4.78 is 4.72. The van der Waals surface area contributed by atoms with Crippen molar-refractivity contribution < 1.29 is 14.3 Å². The van der Waals surface area contributed by atoms with E-state index in [2.05, 4.69) is 5.32 Å². The third-order valence-electron chi connectivity index (χ3n) is 3.10. The van der Waals surface area contributed by atoms with E-state index in [-0.39, 0.29) is 11.8 Å². The number of hydrogen-bond acceptors (Lipinski definition) is 3. The van der Waals surface area contributed by atoms with Crippen molar-refractivity contribution in [1.82, 2.24) is 5.32 Å². The number of esters is 1. The molecular weight excluding hydrogens is 266 g/mol. The van der Waals surface area contributed by atoms with Crippen molar-refractivity contribution in [3.63, 3.8) is 0 Å². The fraction of sp³-hybridized carbons (Fsp3) is 0.286. The minimum absolute atomic E-state index is 0.335. The average Bonchev–Trinajstić information content (AvgIpc) is 2.38. The molecule has 1 aromatic carbocycles. The highest BCUT2D eigenvalue weighted by atomic mass is 35.5. The van der Waals surface area contributed by atoms with Gasteiger partial charge >= 0.3 is 5.97 Å². The standard InChI is InChI=1S/C14H14ClNO3/c1-8-7-11(9-3-5-10(15)6-4-9)12(13(17)16-8)14(18)19-2/h3-7,11-12H,1-2H3,(H,16,17). The lowest BCUT2D eigenvalue weighted by molar-refractivity contribution is -0.150. The zero-order valence-corrected chi connectivity index (χ0v) is 11.4. The number of ether oxygens (including phenoxy) is 1. The van der Waals surface area contributed by atoms with Gasteiger partial charge in [0.1, 0.15) is 5.92 Å². The van der Waals surface area contributed by atoms with E-state index in [9.17, 15) is 9.59 Å². The van der Waals surface area contributed by atoms with Crippen molar-refractivity contribution in [2.24, 2.45) is 5.92 Å². The lowest BCUT2D eigenvalue weighted by atomic mass is 9.82. The van der Waals surface area contributed by atoms with Crippen molar-refractivity contribution in [3.8, 4) is 0 Å². The van der Waals surface area contributed by atoms with Gasteiger partial charge < -0.3 is 10.1 Å². The second-order valence-corrected chi connectivity index (χ2v) is 4.85. The van der Waals surface area contributed by atoms with E-state index in [0.717, 1.165) is 11.3 Å². The molecule has 0 radical (unpaired) electrons. The van der Waals surface area contributed by atoms with Gasteiger partial charge in [0.25, 0.3) is 0 Å². The lowest BCUT2D eigenvalue weighted by Gasteiger charge is -2.27. The van der Waals surface area contributed by atoms with E-state index >= 15 is 0 Å². The van der Waals surface area contributed by atoms with Crippen LogP contribution >= 0.6 is 11.6 Å². The highest BCUT2D eigenvalue weighted by Crippen LogP contribution is 2.32. The molecule has 5 heteroatoms. The van der Waals surface area contributed by atoms with Gasteiger partial charge in [-0.2, -0.15) is 0 Å². The van der Waals surface area contributed by atoms with E-state index in [1.807, 2.05) is 18.2 Å². The molecule has 0 bridgehead atoms. The molecule has 4 nitrogen and oxygen atoms in total. The molecule has 0 saturated heterocycles. The van der Waals surface area contributed by atoms with Crippen LogP contribution in [0.1, 0.15) is 18.4 Å². The van der Waals surface area contributed by atoms with Crippen LogP contribution < -0.4 is 5.32 Å². The van der Waals surface area contributed by atoms with Crippen molar-refractivity contribution in [2.75, 3.05) is 7.11 Å². The molecule has 0 spiro atoms. The predicted octanol–water partition coefficient (Wildman–Crippen LogP) is 2.25. The molecule has 0 aromatic heterocycles. The maximum atomic E-state index is 12.0. The summed E-state index contributed by atoms with van der Waals surface area (Å²) in [7, 11) is 1.28. The van der Waals surface area contributed by atoms with Gasteiger partial charge in [0.15, 0.2) is 0 Å². The number of amides is 1. The van der Waals surface area contributed by atoms with Crippen LogP contribution in [0, 0.1) is 5.92 Å². The van der Waals surface area contributed by atoms with Gasteiger partial charge in [-0.1, -0.05) is 29.8 Å². The van der Waals surface area contributed by atoms with Gasteiger partial charge in [-0.3, -0.25) is 9.59 Å². The SMILES string of the molecule is COC(=O)C1C(=O)NC(C)=CC1c1ccc(Cl)cc1. The molecule has 1 amide bonds. The molecule has 1 aliphatic heterocycles. The number of nitrogens with one attached hydrogen (secondary N) is 1. The van der Waals surface area contributed by atoms with Gasteiger partial charge in [-0.25, -0.2) is 0 Å². The third-order valence-corrected chi connectivity index (χ3v) is 3.35. The summed E-state index contributed by atoms with van der Waals surface area (Å²) in [6.45, 7) is 1.79. The fourth-order valence-electron chi connectivity index (χ4n) is 2.20. The first-order valence-corrected chi connectivity index (χ1v) is 6.23. The zero-order valence-electron chi connectivity index (χ0n) is 10.6. The maximum Gasteiger partial charge on any atom is 0.319 e. The Balaban J connectivity index is 2.43. The number of methoxy groups -OCH3 is 1. The smallest absolute Gasteiger partial charge is 0.319 e. The van der Waals surface area contributed by atoms with Gasteiger partial charge in [0.2, 0.25) is 5.91 Å². The molecule has 0 fully saturated rings. The van der Waals surface area contributed by atoms with Crippen molar-refractivity contribution in [2.45, 2.75) is 12.8 Å². The Morgan fingerprint density at radius 3 is 2.53 bits per heavy atom. The first-order valence-electron chi connectivity index (χ1n) is 5.85. The van der Waals surface area contributed by atoms with Gasteiger partial charge in [-0.05, 0) is 24.6 Å². The second kappa shape index (κ2) is 5.45. The number of hydrogen-bond donors (Lipinski definition) is 1. The van der Waals surface area contributed by atoms with Crippen LogP contribution in [0.25, 0.3) is 0 Å². The Morgan fingerprint density at radius 2 is 1.95 bits per heavy atom. The number of benzene rings is 1. The molecule has 2 rings (SSSR count). The van der Waals surface area contributed by atoms with E-state index < -0.39 is 11.9 Å². The van der Waals surface area contributed by atoms with Crippen LogP contribution in [0.15, 0.2) is 36.0 Å². The number of allylic oxidation sites excluding steroid dienone is 2. The number of carbonyl (C=O) groups is 2. The molecule has 2 unspecified atom stereocenters. The molecule has 1 aromatic rings. The summed E-state index contributed by atoms with van der Waals surface area (Å²) in [6.07, 6.45) is 1.85. The Kier molecular flexibility index (Phi) is 3.90. The monoisotopic (exact) mass is 279 g/mol. The Bertz CT molecular complexity index is 536.